The van der Waals surface area contributed by atoms with Crippen LogP contribution in [0.2, 0.25) is 0 Å². The quantitative estimate of drug-likeness (QED) is 0.369. The topological polar surface area (TPSA) is 26.3 Å². The van der Waals surface area contributed by atoms with E-state index in [0.29, 0.717) is 34.4 Å². The van der Waals surface area contributed by atoms with Crippen LogP contribution in [0.3, 0.4) is 0 Å². The van der Waals surface area contributed by atoms with Crippen molar-refractivity contribution in [2.45, 2.75) is 112 Å². The number of carbonyl (C=O) groups excluding carboxylic acids is 1. The molecule has 2 heteroatoms. The van der Waals surface area contributed by atoms with Gasteiger partial charge in [0.15, 0.2) is 0 Å². The highest BCUT2D eigenvalue weighted by molar-refractivity contribution is 5.85. The van der Waals surface area contributed by atoms with Gasteiger partial charge < -0.3 is 4.74 Å². The fraction of sp³-hybridized carbons (Fsp3) is 0.900. The van der Waals surface area contributed by atoms with Crippen LogP contribution < -0.4 is 0 Å². The SMILES string of the molecule is CC1(C)CC[C@@]23CC[C@@]4(C)[C@]5(C)CC[C@@H]6C(C)(C)C(=O)CC[C@]6(C)[C@H]5C=C[C@@]4(OC2)[C@@H]3C1. The Hall–Kier alpha value is -0.630. The highest BCUT2D eigenvalue weighted by Crippen LogP contribution is 2.78. The Balaban J connectivity index is 1.49. The zero-order valence-electron chi connectivity index (χ0n) is 21.8. The van der Waals surface area contributed by atoms with Crippen LogP contribution in [-0.4, -0.2) is 18.0 Å². The number of fused-ring (bicyclic) bond motifs is 4. The molecule has 0 N–H and O–H groups in total. The number of hydrogen-bond acceptors (Lipinski definition) is 2. The number of carbonyl (C=O) groups is 1. The monoisotopic (exact) mass is 438 g/mol. The van der Waals surface area contributed by atoms with Crippen LogP contribution >= 0.6 is 0 Å². The van der Waals surface area contributed by atoms with Gasteiger partial charge in [-0.2, -0.15) is 0 Å². The molecule has 1 saturated heterocycles. The molecule has 6 rings (SSSR count). The van der Waals surface area contributed by atoms with E-state index in [1.54, 1.807) is 0 Å². The molecule has 0 aromatic heterocycles. The van der Waals surface area contributed by atoms with Gasteiger partial charge in [-0.3, -0.25) is 4.79 Å². The molecule has 0 radical (unpaired) electrons. The van der Waals surface area contributed by atoms with Gasteiger partial charge in [-0.1, -0.05) is 60.6 Å². The van der Waals surface area contributed by atoms with E-state index in [1.807, 2.05) is 0 Å². The third-order valence-corrected chi connectivity index (χ3v) is 13.3. The van der Waals surface area contributed by atoms with Gasteiger partial charge in [-0.15, -0.1) is 0 Å². The number of rotatable bonds is 0. The molecule has 1 aliphatic heterocycles. The predicted molar refractivity (Wildman–Crippen MR) is 129 cm³/mol. The summed E-state index contributed by atoms with van der Waals surface area (Å²) in [5.41, 5.74) is 1.21. The van der Waals surface area contributed by atoms with Gasteiger partial charge in [0.2, 0.25) is 0 Å². The summed E-state index contributed by atoms with van der Waals surface area (Å²) in [6.45, 7) is 18.3. The summed E-state index contributed by atoms with van der Waals surface area (Å²) in [6.07, 6.45) is 16.2. The number of hydrogen-bond donors (Lipinski definition) is 0. The van der Waals surface area contributed by atoms with Gasteiger partial charge in [-0.25, -0.2) is 0 Å². The molecule has 2 nitrogen and oxygen atoms in total. The fourth-order valence-corrected chi connectivity index (χ4v) is 11.0. The van der Waals surface area contributed by atoms with E-state index in [4.69, 9.17) is 4.74 Å². The van der Waals surface area contributed by atoms with E-state index < -0.39 is 0 Å². The van der Waals surface area contributed by atoms with E-state index in [9.17, 15) is 4.79 Å². The van der Waals surface area contributed by atoms with E-state index in [1.165, 1.54) is 44.9 Å². The maximum Gasteiger partial charge on any atom is 0.138 e. The minimum absolute atomic E-state index is 0.0859. The lowest BCUT2D eigenvalue weighted by molar-refractivity contribution is -0.232. The van der Waals surface area contributed by atoms with Crippen molar-refractivity contribution in [2.24, 2.45) is 50.2 Å². The van der Waals surface area contributed by atoms with Gasteiger partial charge in [0.05, 0.1) is 12.2 Å². The Kier molecular flexibility index (Phi) is 4.07. The van der Waals surface area contributed by atoms with Gasteiger partial charge in [0.25, 0.3) is 0 Å². The second-order valence-electron chi connectivity index (χ2n) is 15.2. The first kappa shape index (κ1) is 21.9. The first-order valence-corrected chi connectivity index (χ1v) is 13.6. The molecular weight excluding hydrogens is 392 g/mol. The summed E-state index contributed by atoms with van der Waals surface area (Å²) in [5, 5.41) is 0. The molecule has 0 unspecified atom stereocenters. The lowest BCUT2D eigenvalue weighted by atomic mass is 9.32. The van der Waals surface area contributed by atoms with Crippen molar-refractivity contribution >= 4 is 5.78 Å². The molecule has 0 amide bonds. The zero-order chi connectivity index (χ0) is 23.0. The van der Waals surface area contributed by atoms with Crippen LogP contribution in [0.1, 0.15) is 106 Å². The van der Waals surface area contributed by atoms with Crippen molar-refractivity contribution in [1.29, 1.82) is 0 Å². The number of ether oxygens (including phenoxy) is 1. The van der Waals surface area contributed by atoms with Crippen molar-refractivity contribution in [3.05, 3.63) is 12.2 Å². The van der Waals surface area contributed by atoms with Crippen LogP contribution in [0, 0.1) is 50.2 Å². The molecule has 8 atom stereocenters. The Labute approximate surface area is 196 Å². The standard InChI is InChI=1S/C30H46O2/c1-24(2)14-16-29-17-15-28(7)27(6)12-8-20-25(3,4)23(31)10-11-26(20,5)21(27)9-13-30(28,32-19-29)22(29)18-24/h9,13,20-22H,8,10-12,14-19H2,1-7H3/t20-,21-,22-,26+,27-,28+,29-,30-/m1/s1. The molecule has 5 aliphatic carbocycles. The lowest BCUT2D eigenvalue weighted by Gasteiger charge is -2.72. The summed E-state index contributed by atoms with van der Waals surface area (Å²) >= 11 is 0. The van der Waals surface area contributed by atoms with E-state index in [2.05, 4.69) is 60.6 Å². The molecule has 178 valence electrons. The Morgan fingerprint density at radius 3 is 2.34 bits per heavy atom. The van der Waals surface area contributed by atoms with Crippen molar-refractivity contribution in [2.75, 3.05) is 6.61 Å². The molecule has 6 aliphatic rings. The summed E-state index contributed by atoms with van der Waals surface area (Å²) in [5.74, 6) is 2.21. The summed E-state index contributed by atoms with van der Waals surface area (Å²) < 4.78 is 7.10. The number of allylic oxidation sites excluding steroid dienone is 1. The van der Waals surface area contributed by atoms with Crippen molar-refractivity contribution < 1.29 is 9.53 Å². The minimum Gasteiger partial charge on any atom is -0.369 e. The molecule has 0 aromatic carbocycles. The maximum atomic E-state index is 12.9. The van der Waals surface area contributed by atoms with Gasteiger partial charge in [0.1, 0.15) is 5.78 Å². The first-order valence-electron chi connectivity index (χ1n) is 13.6. The van der Waals surface area contributed by atoms with Crippen molar-refractivity contribution in [3.63, 3.8) is 0 Å². The molecule has 2 bridgehead atoms. The summed E-state index contributed by atoms with van der Waals surface area (Å²) in [6, 6.07) is 0. The third kappa shape index (κ3) is 2.21. The Morgan fingerprint density at radius 1 is 0.875 bits per heavy atom. The largest absolute Gasteiger partial charge is 0.369 e. The summed E-state index contributed by atoms with van der Waals surface area (Å²) in [4.78, 5) is 12.9. The zero-order valence-corrected chi connectivity index (χ0v) is 21.8. The van der Waals surface area contributed by atoms with Crippen molar-refractivity contribution in [3.8, 4) is 0 Å². The van der Waals surface area contributed by atoms with Crippen LogP contribution in [0.5, 0.6) is 0 Å². The number of ketones is 1. The van der Waals surface area contributed by atoms with Gasteiger partial charge in [-0.05, 0) is 84.9 Å². The highest BCUT2D eigenvalue weighted by atomic mass is 16.5. The molecule has 32 heavy (non-hydrogen) atoms. The average molecular weight is 439 g/mol. The fourth-order valence-electron chi connectivity index (χ4n) is 11.0. The van der Waals surface area contributed by atoms with E-state index in [0.717, 1.165) is 19.4 Å². The molecule has 5 fully saturated rings. The summed E-state index contributed by atoms with van der Waals surface area (Å²) in [7, 11) is 0. The van der Waals surface area contributed by atoms with Crippen LogP contribution in [-0.2, 0) is 9.53 Å². The molecular formula is C30H46O2. The first-order chi connectivity index (χ1) is 14.8. The van der Waals surface area contributed by atoms with Gasteiger partial charge in [0, 0.05) is 23.2 Å². The third-order valence-electron chi connectivity index (χ3n) is 13.3. The lowest BCUT2D eigenvalue weighted by Crippen LogP contribution is -2.70. The molecule has 1 spiro atoms. The second kappa shape index (κ2) is 5.95. The van der Waals surface area contributed by atoms with Crippen LogP contribution in [0.25, 0.3) is 0 Å². The highest BCUT2D eigenvalue weighted by Gasteiger charge is 2.76. The number of Topliss-reactive ketones (excluding diaryl/α,β-unsaturated/α-hetero) is 1. The average Bonchev–Trinajstić information content (AvgIpc) is 2.94. The Bertz CT molecular complexity index is 899. The smallest absolute Gasteiger partial charge is 0.138 e. The molecule has 0 aromatic rings. The molecule has 1 heterocycles. The predicted octanol–water partition coefficient (Wildman–Crippen LogP) is 7.37. The minimum atomic E-state index is -0.183. The van der Waals surface area contributed by atoms with E-state index in [-0.39, 0.29) is 27.3 Å². The van der Waals surface area contributed by atoms with E-state index >= 15 is 0 Å². The van der Waals surface area contributed by atoms with Gasteiger partial charge >= 0.3 is 0 Å². The maximum absolute atomic E-state index is 12.9. The Morgan fingerprint density at radius 2 is 1.59 bits per heavy atom. The second-order valence-corrected chi connectivity index (χ2v) is 15.2. The normalized spacial score (nSPS) is 57.2. The van der Waals surface area contributed by atoms with Crippen molar-refractivity contribution in [1.82, 2.24) is 0 Å². The molecule has 4 saturated carbocycles. The van der Waals surface area contributed by atoms with Crippen LogP contribution in [0.15, 0.2) is 12.2 Å². The van der Waals surface area contributed by atoms with Crippen LogP contribution in [0.4, 0.5) is 0 Å².